The van der Waals surface area contributed by atoms with Crippen LogP contribution in [0.25, 0.3) is 0 Å². The lowest BCUT2D eigenvalue weighted by Gasteiger charge is -2.07. The van der Waals surface area contributed by atoms with E-state index in [1.807, 2.05) is 0 Å². The first-order valence-corrected chi connectivity index (χ1v) is 4.33. The monoisotopic (exact) mass is 167 g/mol. The van der Waals surface area contributed by atoms with Gasteiger partial charge in [0.1, 0.15) is 5.82 Å². The van der Waals surface area contributed by atoms with Crippen LogP contribution < -0.4 is 0 Å². The van der Waals surface area contributed by atoms with Gasteiger partial charge >= 0.3 is 0 Å². The third kappa shape index (κ3) is 2.29. The van der Waals surface area contributed by atoms with E-state index in [0.29, 0.717) is 11.6 Å². The van der Waals surface area contributed by atoms with Gasteiger partial charge in [0.25, 0.3) is 0 Å². The minimum absolute atomic E-state index is 0.183. The molecule has 1 atom stereocenters. The van der Waals surface area contributed by atoms with Crippen molar-refractivity contribution in [2.24, 2.45) is 5.92 Å². The van der Waals surface area contributed by atoms with Gasteiger partial charge in [-0.3, -0.25) is 4.98 Å². The third-order valence-electron chi connectivity index (χ3n) is 2.07. The molecule has 0 aliphatic carbocycles. The van der Waals surface area contributed by atoms with E-state index in [0.717, 1.165) is 12.8 Å². The molecule has 66 valence electrons. The summed E-state index contributed by atoms with van der Waals surface area (Å²) in [6.07, 6.45) is 3.44. The second kappa shape index (κ2) is 4.19. The van der Waals surface area contributed by atoms with Crippen LogP contribution in [0.5, 0.6) is 0 Å². The minimum Gasteiger partial charge on any atom is -0.258 e. The molecule has 1 unspecified atom stereocenters. The zero-order valence-corrected chi connectivity index (χ0v) is 7.55. The molecule has 0 fully saturated rings. The Morgan fingerprint density at radius 1 is 1.58 bits per heavy atom. The van der Waals surface area contributed by atoms with Crippen LogP contribution in [0.4, 0.5) is 4.39 Å². The highest BCUT2D eigenvalue weighted by atomic mass is 19.1. The molecule has 1 aromatic heterocycles. The minimum atomic E-state index is -0.183. The van der Waals surface area contributed by atoms with Gasteiger partial charge in [-0.05, 0) is 24.5 Å². The fourth-order valence-corrected chi connectivity index (χ4v) is 1.04. The second-order valence-electron chi connectivity index (χ2n) is 3.15. The molecule has 1 heterocycles. The average molecular weight is 167 g/mol. The number of nitrogens with zero attached hydrogens (tertiary/aromatic N) is 1. The number of rotatable bonds is 3. The van der Waals surface area contributed by atoms with E-state index in [1.165, 1.54) is 6.07 Å². The van der Waals surface area contributed by atoms with Gasteiger partial charge in [-0.2, -0.15) is 0 Å². The zero-order valence-electron chi connectivity index (χ0n) is 7.55. The molecule has 0 bridgehead atoms. The lowest BCUT2D eigenvalue weighted by molar-refractivity contribution is 0.519. The molecule has 0 amide bonds. The lowest BCUT2D eigenvalue weighted by Crippen LogP contribution is -2.02. The molecule has 0 saturated carbocycles. The smallest absolute Gasteiger partial charge is 0.144 e. The Morgan fingerprint density at radius 3 is 2.92 bits per heavy atom. The van der Waals surface area contributed by atoms with Crippen LogP contribution in [0.3, 0.4) is 0 Å². The molecule has 0 saturated heterocycles. The maximum atomic E-state index is 13.0. The molecule has 12 heavy (non-hydrogen) atoms. The van der Waals surface area contributed by atoms with Gasteiger partial charge < -0.3 is 0 Å². The first kappa shape index (κ1) is 9.17. The lowest BCUT2D eigenvalue weighted by atomic mass is 10.0. The van der Waals surface area contributed by atoms with Crippen molar-refractivity contribution in [3.63, 3.8) is 0 Å². The number of hydrogen-bond donors (Lipinski definition) is 0. The Morgan fingerprint density at radius 2 is 2.33 bits per heavy atom. The molecule has 0 radical (unpaired) electrons. The first-order chi connectivity index (χ1) is 5.74. The Kier molecular flexibility index (Phi) is 3.20. The summed E-state index contributed by atoms with van der Waals surface area (Å²) >= 11 is 0. The zero-order chi connectivity index (χ0) is 8.97. The number of halogens is 1. The van der Waals surface area contributed by atoms with Gasteiger partial charge in [-0.25, -0.2) is 4.39 Å². The van der Waals surface area contributed by atoms with Crippen LogP contribution in [-0.4, -0.2) is 4.98 Å². The topological polar surface area (TPSA) is 12.9 Å². The maximum absolute atomic E-state index is 13.0. The summed E-state index contributed by atoms with van der Waals surface area (Å²) < 4.78 is 13.0. The Balaban J connectivity index is 2.69. The summed E-state index contributed by atoms with van der Waals surface area (Å²) in [5.74, 6) is 0.326. The highest BCUT2D eigenvalue weighted by molar-refractivity contribution is 5.07. The van der Waals surface area contributed by atoms with E-state index in [4.69, 9.17) is 0 Å². The van der Waals surface area contributed by atoms with Gasteiger partial charge in [-0.15, -0.1) is 0 Å². The van der Waals surface area contributed by atoms with Gasteiger partial charge in [0.05, 0.1) is 5.69 Å². The SMILES string of the molecule is CCC(C)Cc1ncccc1F. The van der Waals surface area contributed by atoms with Gasteiger partial charge in [-0.1, -0.05) is 20.3 Å². The fourth-order valence-electron chi connectivity index (χ4n) is 1.04. The van der Waals surface area contributed by atoms with E-state index in [1.54, 1.807) is 12.3 Å². The number of aromatic nitrogens is 1. The fraction of sp³-hybridized carbons (Fsp3) is 0.500. The number of pyridine rings is 1. The van der Waals surface area contributed by atoms with Crippen molar-refractivity contribution in [3.8, 4) is 0 Å². The van der Waals surface area contributed by atoms with Gasteiger partial charge in [0.15, 0.2) is 0 Å². The molecule has 0 aliphatic heterocycles. The number of hydrogen-bond acceptors (Lipinski definition) is 1. The molecular formula is C10H14FN. The predicted molar refractivity (Wildman–Crippen MR) is 47.4 cm³/mol. The molecule has 0 aromatic carbocycles. The van der Waals surface area contributed by atoms with Gasteiger partial charge in [0, 0.05) is 6.20 Å². The van der Waals surface area contributed by atoms with Crippen molar-refractivity contribution in [3.05, 3.63) is 29.8 Å². The standard InChI is InChI=1S/C10H14FN/c1-3-8(2)7-10-9(11)5-4-6-12-10/h4-6,8H,3,7H2,1-2H3. The molecule has 1 aromatic rings. The Labute approximate surface area is 72.6 Å². The van der Waals surface area contributed by atoms with Gasteiger partial charge in [0.2, 0.25) is 0 Å². The maximum Gasteiger partial charge on any atom is 0.144 e. The summed E-state index contributed by atoms with van der Waals surface area (Å²) in [4.78, 5) is 3.99. The Hall–Kier alpha value is -0.920. The summed E-state index contributed by atoms with van der Waals surface area (Å²) in [5, 5.41) is 0. The summed E-state index contributed by atoms with van der Waals surface area (Å²) in [7, 11) is 0. The van der Waals surface area contributed by atoms with Crippen molar-refractivity contribution < 1.29 is 4.39 Å². The van der Waals surface area contributed by atoms with E-state index in [-0.39, 0.29) is 5.82 Å². The normalized spacial score (nSPS) is 12.9. The highest BCUT2D eigenvalue weighted by Crippen LogP contribution is 2.11. The molecule has 2 heteroatoms. The van der Waals surface area contributed by atoms with Crippen LogP contribution >= 0.6 is 0 Å². The van der Waals surface area contributed by atoms with Crippen LogP contribution in [0, 0.1) is 11.7 Å². The molecule has 0 spiro atoms. The van der Waals surface area contributed by atoms with Crippen molar-refractivity contribution in [1.82, 2.24) is 4.98 Å². The summed E-state index contributed by atoms with van der Waals surface area (Å²) in [5.41, 5.74) is 0.590. The van der Waals surface area contributed by atoms with Crippen LogP contribution in [0.15, 0.2) is 18.3 Å². The van der Waals surface area contributed by atoms with E-state index >= 15 is 0 Å². The predicted octanol–water partition coefficient (Wildman–Crippen LogP) is 2.81. The van der Waals surface area contributed by atoms with Crippen LogP contribution in [-0.2, 0) is 6.42 Å². The molecule has 0 aliphatic rings. The summed E-state index contributed by atoms with van der Waals surface area (Å²) in [6, 6.07) is 3.08. The van der Waals surface area contributed by atoms with Crippen LogP contribution in [0.2, 0.25) is 0 Å². The molecule has 1 nitrogen and oxygen atoms in total. The van der Waals surface area contributed by atoms with Crippen molar-refractivity contribution in [1.29, 1.82) is 0 Å². The molecule has 0 N–H and O–H groups in total. The highest BCUT2D eigenvalue weighted by Gasteiger charge is 2.06. The first-order valence-electron chi connectivity index (χ1n) is 4.33. The summed E-state index contributed by atoms with van der Waals surface area (Å²) in [6.45, 7) is 4.21. The molecular weight excluding hydrogens is 153 g/mol. The van der Waals surface area contributed by atoms with E-state index < -0.39 is 0 Å². The second-order valence-corrected chi connectivity index (χ2v) is 3.15. The third-order valence-corrected chi connectivity index (χ3v) is 2.07. The quantitative estimate of drug-likeness (QED) is 0.674. The Bertz CT molecular complexity index is 247. The van der Waals surface area contributed by atoms with E-state index in [2.05, 4.69) is 18.8 Å². The van der Waals surface area contributed by atoms with Crippen molar-refractivity contribution >= 4 is 0 Å². The van der Waals surface area contributed by atoms with Crippen molar-refractivity contribution in [2.75, 3.05) is 0 Å². The molecule has 1 rings (SSSR count). The van der Waals surface area contributed by atoms with E-state index in [9.17, 15) is 4.39 Å². The average Bonchev–Trinajstić information content (AvgIpc) is 2.09. The van der Waals surface area contributed by atoms with Crippen molar-refractivity contribution in [2.45, 2.75) is 26.7 Å². The largest absolute Gasteiger partial charge is 0.258 e. The van der Waals surface area contributed by atoms with Crippen LogP contribution in [0.1, 0.15) is 26.0 Å².